The number of alkyl halides is 3. The molecule has 152 valence electrons. The zero-order valence-electron chi connectivity index (χ0n) is 14.8. The highest BCUT2D eigenvalue weighted by Crippen LogP contribution is 2.31. The first kappa shape index (κ1) is 20.4. The first-order valence-electron chi connectivity index (χ1n) is 8.01. The summed E-state index contributed by atoms with van der Waals surface area (Å²) in [5.74, 6) is -1.02. The minimum atomic E-state index is -4.49. The third kappa shape index (κ3) is 5.34. The Morgan fingerprint density at radius 1 is 1.31 bits per heavy atom. The zero-order chi connectivity index (χ0) is 21.0. The number of thiazole rings is 1. The van der Waals surface area contributed by atoms with Crippen LogP contribution in [0, 0.1) is 0 Å². The minimum Gasteiger partial charge on any atom is -0.469 e. The lowest BCUT2D eigenvalue weighted by atomic mass is 10.1. The Morgan fingerprint density at radius 3 is 2.83 bits per heavy atom. The Labute approximate surface area is 165 Å². The molecule has 0 atom stereocenters. The van der Waals surface area contributed by atoms with E-state index >= 15 is 0 Å². The van der Waals surface area contributed by atoms with Gasteiger partial charge in [0.25, 0.3) is 0 Å². The molecule has 1 amide bonds. The van der Waals surface area contributed by atoms with Gasteiger partial charge >= 0.3 is 12.1 Å². The quantitative estimate of drug-likeness (QED) is 0.601. The van der Waals surface area contributed by atoms with Gasteiger partial charge in [-0.15, -0.1) is 21.5 Å². The van der Waals surface area contributed by atoms with E-state index in [9.17, 15) is 22.8 Å². The van der Waals surface area contributed by atoms with Crippen LogP contribution in [0.25, 0.3) is 11.4 Å². The highest BCUT2D eigenvalue weighted by atomic mass is 32.1. The molecule has 3 aromatic rings. The Hall–Kier alpha value is -3.35. The molecule has 1 aromatic carbocycles. The molecule has 13 heteroatoms. The lowest BCUT2D eigenvalue weighted by Gasteiger charge is -2.06. The number of tetrazole rings is 1. The number of hydrogen-bond acceptors (Lipinski definition) is 8. The second-order valence-electron chi connectivity index (χ2n) is 5.67. The number of carbonyl (C=O) groups is 2. The second-order valence-corrected chi connectivity index (χ2v) is 6.53. The van der Waals surface area contributed by atoms with Gasteiger partial charge in [0.1, 0.15) is 6.54 Å². The van der Waals surface area contributed by atoms with Gasteiger partial charge in [-0.25, -0.2) is 4.98 Å². The lowest BCUT2D eigenvalue weighted by Crippen LogP contribution is -2.20. The zero-order valence-corrected chi connectivity index (χ0v) is 15.6. The van der Waals surface area contributed by atoms with E-state index in [1.54, 1.807) is 5.38 Å². The number of nitrogens with zero attached hydrogens (tertiary/aromatic N) is 5. The van der Waals surface area contributed by atoms with Crippen LogP contribution in [0.2, 0.25) is 0 Å². The molecular weight excluding hydrogens is 413 g/mol. The van der Waals surface area contributed by atoms with Gasteiger partial charge in [-0.2, -0.15) is 18.0 Å². The van der Waals surface area contributed by atoms with E-state index in [4.69, 9.17) is 0 Å². The molecule has 0 aliphatic carbocycles. The van der Waals surface area contributed by atoms with E-state index in [2.05, 4.69) is 30.4 Å². The van der Waals surface area contributed by atoms with Gasteiger partial charge in [-0.05, 0) is 17.3 Å². The minimum absolute atomic E-state index is 0.0200. The molecule has 0 bridgehead atoms. The highest BCUT2D eigenvalue weighted by molar-refractivity contribution is 7.13. The maximum Gasteiger partial charge on any atom is 0.416 e. The number of anilines is 1. The molecule has 0 saturated heterocycles. The number of nitrogens with one attached hydrogen (secondary N) is 1. The van der Waals surface area contributed by atoms with Gasteiger partial charge in [0, 0.05) is 10.9 Å². The predicted molar refractivity (Wildman–Crippen MR) is 94.7 cm³/mol. The number of benzene rings is 1. The number of rotatable bonds is 6. The molecule has 29 heavy (non-hydrogen) atoms. The molecule has 0 radical (unpaired) electrons. The van der Waals surface area contributed by atoms with Crippen LogP contribution in [0.15, 0.2) is 29.6 Å². The molecule has 0 aliphatic rings. The van der Waals surface area contributed by atoms with E-state index < -0.39 is 23.6 Å². The standard InChI is InChI=1S/C16H13F3N6O3S/c1-28-13(27)6-11-8-29-15(20-11)21-12(26)7-25-23-14(22-24-25)9-3-2-4-10(5-9)16(17,18)19/h2-5,8H,6-7H2,1H3,(H,20,21,26). The summed E-state index contributed by atoms with van der Waals surface area (Å²) in [4.78, 5) is 28.3. The van der Waals surface area contributed by atoms with E-state index in [1.807, 2.05) is 0 Å². The van der Waals surface area contributed by atoms with Crippen LogP contribution < -0.4 is 5.32 Å². The maximum atomic E-state index is 12.8. The molecule has 9 nitrogen and oxygen atoms in total. The summed E-state index contributed by atoms with van der Waals surface area (Å²) < 4.78 is 43.0. The molecule has 3 rings (SSSR count). The number of halogens is 3. The number of amides is 1. The maximum absolute atomic E-state index is 12.8. The third-order valence-electron chi connectivity index (χ3n) is 3.54. The monoisotopic (exact) mass is 426 g/mol. The fourth-order valence-electron chi connectivity index (χ4n) is 2.21. The third-order valence-corrected chi connectivity index (χ3v) is 4.34. The summed E-state index contributed by atoms with van der Waals surface area (Å²) in [6, 6.07) is 4.48. The fraction of sp³-hybridized carbons (Fsp3) is 0.250. The van der Waals surface area contributed by atoms with Crippen LogP contribution in [-0.2, 0) is 33.5 Å². The van der Waals surface area contributed by atoms with E-state index in [1.165, 1.54) is 19.2 Å². The van der Waals surface area contributed by atoms with Crippen molar-refractivity contribution in [2.24, 2.45) is 0 Å². The van der Waals surface area contributed by atoms with Crippen LogP contribution in [0.4, 0.5) is 18.3 Å². The molecule has 0 aliphatic heterocycles. The van der Waals surface area contributed by atoms with Crippen LogP contribution >= 0.6 is 11.3 Å². The van der Waals surface area contributed by atoms with Gasteiger partial charge in [0.15, 0.2) is 5.13 Å². The fourth-order valence-corrected chi connectivity index (χ4v) is 2.94. The Morgan fingerprint density at radius 2 is 2.10 bits per heavy atom. The van der Waals surface area contributed by atoms with Crippen LogP contribution in [0.5, 0.6) is 0 Å². The van der Waals surface area contributed by atoms with Crippen molar-refractivity contribution >= 4 is 28.3 Å². The SMILES string of the molecule is COC(=O)Cc1csc(NC(=O)Cn2nnc(-c3cccc(C(F)(F)F)c3)n2)n1. The Kier molecular flexibility index (Phi) is 5.87. The van der Waals surface area contributed by atoms with E-state index in [0.717, 1.165) is 28.3 Å². The molecular formula is C16H13F3N6O3S. The van der Waals surface area contributed by atoms with Crippen molar-refractivity contribution in [3.8, 4) is 11.4 Å². The van der Waals surface area contributed by atoms with Gasteiger partial charge in [-0.1, -0.05) is 12.1 Å². The molecule has 0 spiro atoms. The number of ether oxygens (including phenoxy) is 1. The van der Waals surface area contributed by atoms with Gasteiger partial charge in [0.05, 0.1) is 24.8 Å². The largest absolute Gasteiger partial charge is 0.469 e. The highest BCUT2D eigenvalue weighted by Gasteiger charge is 2.30. The van der Waals surface area contributed by atoms with Crippen molar-refractivity contribution in [3.63, 3.8) is 0 Å². The summed E-state index contributed by atoms with van der Waals surface area (Å²) in [5, 5.41) is 15.7. The first-order valence-corrected chi connectivity index (χ1v) is 8.89. The number of esters is 1. The molecule has 0 saturated carbocycles. The van der Waals surface area contributed by atoms with Gasteiger partial charge in [0.2, 0.25) is 11.7 Å². The Bertz CT molecular complexity index is 1030. The molecule has 0 fully saturated rings. The summed E-state index contributed by atoms with van der Waals surface area (Å²) in [5.41, 5.74) is -0.266. The van der Waals surface area contributed by atoms with Gasteiger partial charge in [-0.3, -0.25) is 9.59 Å². The number of hydrogen-bond donors (Lipinski definition) is 1. The smallest absolute Gasteiger partial charge is 0.416 e. The normalized spacial score (nSPS) is 11.3. The molecule has 2 heterocycles. The van der Waals surface area contributed by atoms with Crippen molar-refractivity contribution in [2.45, 2.75) is 19.1 Å². The summed E-state index contributed by atoms with van der Waals surface area (Å²) in [6.45, 7) is -0.322. The van der Waals surface area contributed by atoms with E-state index in [-0.39, 0.29) is 29.5 Å². The first-order chi connectivity index (χ1) is 13.7. The topological polar surface area (TPSA) is 112 Å². The average molecular weight is 426 g/mol. The van der Waals surface area contributed by atoms with Crippen LogP contribution in [0.1, 0.15) is 11.3 Å². The Balaban J connectivity index is 1.63. The summed E-state index contributed by atoms with van der Waals surface area (Å²) >= 11 is 1.12. The van der Waals surface area contributed by atoms with Gasteiger partial charge < -0.3 is 10.1 Å². The molecule has 1 N–H and O–H groups in total. The van der Waals surface area contributed by atoms with Crippen molar-refractivity contribution in [1.82, 2.24) is 25.2 Å². The number of methoxy groups -OCH3 is 1. The number of aromatic nitrogens is 5. The van der Waals surface area contributed by atoms with Crippen molar-refractivity contribution in [1.29, 1.82) is 0 Å². The molecule has 0 unspecified atom stereocenters. The van der Waals surface area contributed by atoms with Crippen molar-refractivity contribution in [2.75, 3.05) is 12.4 Å². The van der Waals surface area contributed by atoms with Crippen molar-refractivity contribution in [3.05, 3.63) is 40.9 Å². The van der Waals surface area contributed by atoms with Crippen LogP contribution in [-0.4, -0.2) is 44.2 Å². The second kappa shape index (κ2) is 8.34. The average Bonchev–Trinajstić information content (AvgIpc) is 3.30. The number of carbonyl (C=O) groups excluding carboxylic acids is 2. The predicted octanol–water partition coefficient (Wildman–Crippen LogP) is 2.17. The van der Waals surface area contributed by atoms with Crippen molar-refractivity contribution < 1.29 is 27.5 Å². The summed E-state index contributed by atoms with van der Waals surface area (Å²) in [7, 11) is 1.26. The summed E-state index contributed by atoms with van der Waals surface area (Å²) in [6.07, 6.45) is -4.51. The van der Waals surface area contributed by atoms with Crippen LogP contribution in [0.3, 0.4) is 0 Å². The lowest BCUT2D eigenvalue weighted by molar-refractivity contribution is -0.140. The van der Waals surface area contributed by atoms with E-state index in [0.29, 0.717) is 5.69 Å². The molecule has 2 aromatic heterocycles.